The predicted molar refractivity (Wildman–Crippen MR) is 104 cm³/mol. The van der Waals surface area contributed by atoms with Crippen LogP contribution < -0.4 is 0 Å². The Balaban J connectivity index is 1.72. The first-order valence-corrected chi connectivity index (χ1v) is 9.99. The van der Waals surface area contributed by atoms with E-state index in [1.165, 1.54) is 48.3 Å². The van der Waals surface area contributed by atoms with E-state index in [1.807, 2.05) is 11.8 Å². The number of unbranched alkanes of at least 4 members (excludes halogenated alkanes) is 4. The monoisotopic (exact) mass is 338 g/mol. The molecule has 3 aromatic rings. The van der Waals surface area contributed by atoms with Crippen LogP contribution in [0.3, 0.4) is 0 Å². The molecule has 0 atom stereocenters. The van der Waals surface area contributed by atoms with Gasteiger partial charge in [-0.1, -0.05) is 62.9 Å². The summed E-state index contributed by atoms with van der Waals surface area (Å²) in [6.07, 6.45) is 6.54. The lowest BCUT2D eigenvalue weighted by Crippen LogP contribution is -2.03. The highest BCUT2D eigenvalue weighted by atomic mass is 32.2. The van der Waals surface area contributed by atoms with E-state index < -0.39 is 0 Å². The molecule has 3 heteroatoms. The van der Waals surface area contributed by atoms with E-state index in [1.54, 1.807) is 0 Å². The Morgan fingerprint density at radius 3 is 2.46 bits per heavy atom. The van der Waals surface area contributed by atoms with Gasteiger partial charge in [0.15, 0.2) is 0 Å². The summed E-state index contributed by atoms with van der Waals surface area (Å²) in [6.45, 7) is 3.34. The first-order chi connectivity index (χ1) is 11.9. The van der Waals surface area contributed by atoms with Gasteiger partial charge >= 0.3 is 0 Å². The number of thioether (sulfide) groups is 1. The van der Waals surface area contributed by atoms with Crippen LogP contribution in [0.15, 0.2) is 59.5 Å². The molecule has 0 aliphatic rings. The molecule has 0 aliphatic heterocycles. The second-order valence-electron chi connectivity index (χ2n) is 6.18. The maximum absolute atomic E-state index is 4.88. The number of para-hydroxylation sites is 2. The van der Waals surface area contributed by atoms with E-state index in [0.717, 1.165) is 17.8 Å². The average Bonchev–Trinajstić information content (AvgIpc) is 2.98. The molecule has 0 unspecified atom stereocenters. The van der Waals surface area contributed by atoms with Gasteiger partial charge in [0.05, 0.1) is 16.8 Å². The minimum absolute atomic E-state index is 0.924. The predicted octanol–water partition coefficient (Wildman–Crippen LogP) is 6.30. The number of aromatic nitrogens is 2. The molecule has 24 heavy (non-hydrogen) atoms. The van der Waals surface area contributed by atoms with Crippen LogP contribution in [0.2, 0.25) is 0 Å². The smallest absolute Gasteiger partial charge is 0.120 e. The molecule has 0 saturated carbocycles. The van der Waals surface area contributed by atoms with Crippen molar-refractivity contribution < 1.29 is 0 Å². The first kappa shape index (κ1) is 17.1. The standard InChI is InChI=1S/C21H26N2S/c1-2-3-4-5-11-16-23-20-15-10-9-14-19(20)22-21(23)17-24-18-12-7-6-8-13-18/h6-10,12-15H,2-5,11,16-17H2,1H3. The van der Waals surface area contributed by atoms with Crippen molar-refractivity contribution in [1.82, 2.24) is 9.55 Å². The van der Waals surface area contributed by atoms with Crippen LogP contribution in [-0.4, -0.2) is 9.55 Å². The summed E-state index contributed by atoms with van der Waals surface area (Å²) in [5.74, 6) is 2.12. The molecule has 1 aromatic heterocycles. The summed E-state index contributed by atoms with van der Waals surface area (Å²) in [5, 5.41) is 0. The number of imidazole rings is 1. The zero-order valence-electron chi connectivity index (χ0n) is 14.4. The van der Waals surface area contributed by atoms with E-state index in [2.05, 4.69) is 66.1 Å². The number of aryl methyl sites for hydroxylation is 1. The molecule has 0 saturated heterocycles. The van der Waals surface area contributed by atoms with Crippen LogP contribution in [-0.2, 0) is 12.3 Å². The van der Waals surface area contributed by atoms with Crippen molar-refractivity contribution in [1.29, 1.82) is 0 Å². The number of rotatable bonds is 9. The van der Waals surface area contributed by atoms with Crippen LogP contribution in [0.5, 0.6) is 0 Å². The Morgan fingerprint density at radius 2 is 1.62 bits per heavy atom. The van der Waals surface area contributed by atoms with E-state index in [9.17, 15) is 0 Å². The second-order valence-corrected chi connectivity index (χ2v) is 7.23. The maximum Gasteiger partial charge on any atom is 0.120 e. The molecule has 0 spiro atoms. The summed E-state index contributed by atoms with van der Waals surface area (Å²) in [6, 6.07) is 19.1. The van der Waals surface area contributed by atoms with E-state index in [-0.39, 0.29) is 0 Å². The quantitative estimate of drug-likeness (QED) is 0.336. The van der Waals surface area contributed by atoms with E-state index >= 15 is 0 Å². The van der Waals surface area contributed by atoms with Crippen molar-refractivity contribution >= 4 is 22.8 Å². The minimum Gasteiger partial charge on any atom is -0.327 e. The first-order valence-electron chi connectivity index (χ1n) is 9.00. The third-order valence-electron chi connectivity index (χ3n) is 4.33. The molecule has 0 bridgehead atoms. The summed E-state index contributed by atoms with van der Waals surface area (Å²) < 4.78 is 2.43. The minimum atomic E-state index is 0.924. The number of benzene rings is 2. The molecule has 0 amide bonds. The molecule has 0 fully saturated rings. The van der Waals surface area contributed by atoms with Crippen molar-refractivity contribution in [2.45, 2.75) is 56.2 Å². The molecule has 3 rings (SSSR count). The number of nitrogens with zero attached hydrogens (tertiary/aromatic N) is 2. The molecular weight excluding hydrogens is 312 g/mol. The van der Waals surface area contributed by atoms with Gasteiger partial charge in [0.1, 0.15) is 5.82 Å². The average molecular weight is 339 g/mol. The maximum atomic E-state index is 4.88. The van der Waals surface area contributed by atoms with Gasteiger partial charge in [0.2, 0.25) is 0 Å². The summed E-state index contributed by atoms with van der Waals surface area (Å²) >= 11 is 1.87. The summed E-state index contributed by atoms with van der Waals surface area (Å²) in [7, 11) is 0. The lowest BCUT2D eigenvalue weighted by atomic mass is 10.1. The van der Waals surface area contributed by atoms with Crippen LogP contribution in [0.1, 0.15) is 44.9 Å². The number of hydrogen-bond donors (Lipinski definition) is 0. The fourth-order valence-electron chi connectivity index (χ4n) is 3.02. The highest BCUT2D eigenvalue weighted by Gasteiger charge is 2.10. The van der Waals surface area contributed by atoms with Crippen molar-refractivity contribution in [3.8, 4) is 0 Å². The van der Waals surface area contributed by atoms with Crippen LogP contribution in [0.4, 0.5) is 0 Å². The zero-order chi connectivity index (χ0) is 16.6. The van der Waals surface area contributed by atoms with Gasteiger partial charge in [0.25, 0.3) is 0 Å². The molecule has 0 N–H and O–H groups in total. The van der Waals surface area contributed by atoms with Crippen molar-refractivity contribution in [2.24, 2.45) is 0 Å². The summed E-state index contributed by atoms with van der Waals surface area (Å²) in [5.41, 5.74) is 2.39. The lowest BCUT2D eigenvalue weighted by molar-refractivity contribution is 0.567. The van der Waals surface area contributed by atoms with Gasteiger partial charge in [-0.05, 0) is 30.7 Å². The second kappa shape index (κ2) is 8.93. The third kappa shape index (κ3) is 4.41. The van der Waals surface area contributed by atoms with Gasteiger partial charge in [0, 0.05) is 11.4 Å². The van der Waals surface area contributed by atoms with E-state index in [0.29, 0.717) is 0 Å². The Labute approximate surface area is 149 Å². The highest BCUT2D eigenvalue weighted by Crippen LogP contribution is 2.25. The van der Waals surface area contributed by atoms with Crippen molar-refractivity contribution in [3.05, 3.63) is 60.4 Å². The third-order valence-corrected chi connectivity index (χ3v) is 5.34. The fourth-order valence-corrected chi connectivity index (χ4v) is 3.89. The molecule has 0 aliphatic carbocycles. The molecule has 1 heterocycles. The Bertz CT molecular complexity index is 749. The Hall–Kier alpha value is -1.74. The topological polar surface area (TPSA) is 17.8 Å². The Morgan fingerprint density at radius 1 is 0.875 bits per heavy atom. The number of hydrogen-bond acceptors (Lipinski definition) is 2. The lowest BCUT2D eigenvalue weighted by Gasteiger charge is -2.09. The van der Waals surface area contributed by atoms with Crippen LogP contribution in [0, 0.1) is 0 Å². The SMILES string of the molecule is CCCCCCCn1c(CSc2ccccc2)nc2ccccc21. The van der Waals surface area contributed by atoms with Gasteiger partial charge in [-0.25, -0.2) is 4.98 Å². The van der Waals surface area contributed by atoms with Crippen molar-refractivity contribution in [3.63, 3.8) is 0 Å². The highest BCUT2D eigenvalue weighted by molar-refractivity contribution is 7.98. The van der Waals surface area contributed by atoms with Gasteiger partial charge < -0.3 is 4.57 Å². The molecule has 2 nitrogen and oxygen atoms in total. The number of fused-ring (bicyclic) bond motifs is 1. The molecular formula is C21H26N2S. The van der Waals surface area contributed by atoms with Crippen LogP contribution in [0.25, 0.3) is 11.0 Å². The molecule has 2 aromatic carbocycles. The molecule has 0 radical (unpaired) electrons. The van der Waals surface area contributed by atoms with Gasteiger partial charge in [-0.15, -0.1) is 11.8 Å². The zero-order valence-corrected chi connectivity index (χ0v) is 15.3. The largest absolute Gasteiger partial charge is 0.327 e. The van der Waals surface area contributed by atoms with E-state index in [4.69, 9.17) is 4.98 Å². The van der Waals surface area contributed by atoms with Crippen LogP contribution >= 0.6 is 11.8 Å². The Kier molecular flexibility index (Phi) is 6.36. The normalized spacial score (nSPS) is 11.2. The summed E-state index contributed by atoms with van der Waals surface area (Å²) in [4.78, 5) is 6.19. The fraction of sp³-hybridized carbons (Fsp3) is 0.381. The van der Waals surface area contributed by atoms with Crippen molar-refractivity contribution in [2.75, 3.05) is 0 Å². The molecule has 126 valence electrons. The van der Waals surface area contributed by atoms with Gasteiger partial charge in [-0.2, -0.15) is 0 Å². The van der Waals surface area contributed by atoms with Gasteiger partial charge in [-0.3, -0.25) is 0 Å².